The quantitative estimate of drug-likeness (QED) is 0.217. The summed E-state index contributed by atoms with van der Waals surface area (Å²) in [5, 5.41) is 6.95. The number of fused-ring (bicyclic) bond motifs is 8. The van der Waals surface area contributed by atoms with E-state index in [1.165, 1.54) is 50.5 Å². The molecule has 1 aliphatic rings. The predicted octanol–water partition coefficient (Wildman–Crippen LogP) is 9.64. The fraction of sp³-hybridized carbons (Fsp3) is 0.0909. The molecule has 0 atom stereocenters. The van der Waals surface area contributed by atoms with E-state index in [-0.39, 0.29) is 0 Å². The molecule has 1 nitrogen and oxygen atoms in total. The lowest BCUT2D eigenvalue weighted by molar-refractivity contribution is -0.137. The summed E-state index contributed by atoms with van der Waals surface area (Å²) in [6.07, 6.45) is 2.15. The second-order valence-electron chi connectivity index (χ2n) is 10.1. The molecule has 0 aliphatic heterocycles. The van der Waals surface area contributed by atoms with Gasteiger partial charge in [-0.05, 0) is 94.4 Å². The van der Waals surface area contributed by atoms with Crippen LogP contribution in [0.4, 0.5) is 13.2 Å². The minimum Gasteiger partial charge on any atom is -0.308 e. The van der Waals surface area contributed by atoms with Crippen molar-refractivity contribution in [1.82, 2.24) is 4.40 Å². The smallest absolute Gasteiger partial charge is 0.308 e. The lowest BCUT2D eigenvalue weighted by atomic mass is 9.94. The molecular weight excluding hydrogens is 467 g/mol. The summed E-state index contributed by atoms with van der Waals surface area (Å²) in [6, 6.07) is 27.3. The number of aromatic nitrogens is 1. The van der Waals surface area contributed by atoms with Crippen molar-refractivity contribution in [1.29, 1.82) is 0 Å². The molecule has 2 heterocycles. The number of allylic oxidation sites excluding steroid dienone is 1. The maximum atomic E-state index is 13.2. The van der Waals surface area contributed by atoms with E-state index in [4.69, 9.17) is 0 Å². The van der Waals surface area contributed by atoms with Crippen LogP contribution in [-0.2, 0) is 12.6 Å². The van der Waals surface area contributed by atoms with Crippen molar-refractivity contribution in [3.8, 4) is 11.1 Å². The number of halogens is 3. The zero-order valence-corrected chi connectivity index (χ0v) is 19.7. The molecular formula is C33H20F3N. The second-order valence-corrected chi connectivity index (χ2v) is 10.1. The van der Waals surface area contributed by atoms with Crippen LogP contribution in [0.15, 0.2) is 91.0 Å². The van der Waals surface area contributed by atoms with Gasteiger partial charge in [-0.15, -0.1) is 0 Å². The fourth-order valence-electron chi connectivity index (χ4n) is 6.17. The highest BCUT2D eigenvalue weighted by atomic mass is 19.4. The minimum absolute atomic E-state index is 0.631. The van der Waals surface area contributed by atoms with Crippen LogP contribution in [0.1, 0.15) is 23.1 Å². The van der Waals surface area contributed by atoms with Gasteiger partial charge in [0.1, 0.15) is 0 Å². The van der Waals surface area contributed by atoms with Gasteiger partial charge in [-0.2, -0.15) is 13.2 Å². The van der Waals surface area contributed by atoms with E-state index in [1.54, 1.807) is 12.1 Å². The topological polar surface area (TPSA) is 4.41 Å². The molecule has 0 fully saturated rings. The van der Waals surface area contributed by atoms with Crippen LogP contribution < -0.4 is 0 Å². The van der Waals surface area contributed by atoms with E-state index >= 15 is 0 Å². The molecule has 0 spiro atoms. The maximum Gasteiger partial charge on any atom is 0.416 e. The highest BCUT2D eigenvalue weighted by molar-refractivity contribution is 6.26. The Morgan fingerprint density at radius 3 is 2.05 bits per heavy atom. The summed E-state index contributed by atoms with van der Waals surface area (Å²) < 4.78 is 42.0. The molecule has 0 unspecified atom stereocenters. The summed E-state index contributed by atoms with van der Waals surface area (Å²) in [5.74, 6) is 0. The molecule has 1 aliphatic carbocycles. The van der Waals surface area contributed by atoms with E-state index < -0.39 is 11.7 Å². The lowest BCUT2D eigenvalue weighted by Gasteiger charge is -2.11. The molecule has 178 valence electrons. The molecule has 8 rings (SSSR count). The Balaban J connectivity index is 1.52. The second kappa shape index (κ2) is 7.13. The van der Waals surface area contributed by atoms with Crippen molar-refractivity contribution >= 4 is 54.9 Å². The van der Waals surface area contributed by atoms with E-state index in [0.29, 0.717) is 0 Å². The summed E-state index contributed by atoms with van der Waals surface area (Å²) in [7, 11) is 0. The van der Waals surface area contributed by atoms with Crippen LogP contribution >= 0.6 is 0 Å². The first-order valence-electron chi connectivity index (χ1n) is 12.5. The van der Waals surface area contributed by atoms with Crippen LogP contribution in [0.2, 0.25) is 0 Å². The summed E-state index contributed by atoms with van der Waals surface area (Å²) in [5.41, 5.74) is 7.18. The number of hydrogen-bond acceptors (Lipinski definition) is 0. The average Bonchev–Trinajstić information content (AvgIpc) is 3.40. The highest BCUT2D eigenvalue weighted by Gasteiger charge is 2.30. The first kappa shape index (κ1) is 20.8. The van der Waals surface area contributed by atoms with Crippen LogP contribution in [0.5, 0.6) is 0 Å². The first-order valence-corrected chi connectivity index (χ1v) is 12.5. The van der Waals surface area contributed by atoms with Gasteiger partial charge in [0.2, 0.25) is 0 Å². The average molecular weight is 488 g/mol. The van der Waals surface area contributed by atoms with Gasteiger partial charge in [0.05, 0.1) is 22.1 Å². The van der Waals surface area contributed by atoms with Crippen LogP contribution in [0.25, 0.3) is 66.1 Å². The molecule has 37 heavy (non-hydrogen) atoms. The third-order valence-electron chi connectivity index (χ3n) is 7.94. The minimum atomic E-state index is -4.35. The summed E-state index contributed by atoms with van der Waals surface area (Å²) >= 11 is 0. The highest BCUT2D eigenvalue weighted by Crippen LogP contribution is 2.44. The van der Waals surface area contributed by atoms with Gasteiger partial charge in [0.25, 0.3) is 0 Å². The van der Waals surface area contributed by atoms with Crippen molar-refractivity contribution in [3.63, 3.8) is 0 Å². The first-order chi connectivity index (χ1) is 18.0. The van der Waals surface area contributed by atoms with Crippen LogP contribution in [-0.4, -0.2) is 4.40 Å². The van der Waals surface area contributed by atoms with Gasteiger partial charge in [-0.25, -0.2) is 0 Å². The van der Waals surface area contributed by atoms with E-state index in [0.717, 1.165) is 45.6 Å². The Kier molecular flexibility index (Phi) is 4.02. The molecule has 7 aromatic rings. The summed E-state index contributed by atoms with van der Waals surface area (Å²) in [6.45, 7) is 0. The number of alkyl halides is 3. The Morgan fingerprint density at radius 2 is 1.32 bits per heavy atom. The van der Waals surface area contributed by atoms with Gasteiger partial charge < -0.3 is 4.40 Å². The zero-order valence-electron chi connectivity index (χ0n) is 19.7. The third-order valence-corrected chi connectivity index (χ3v) is 7.94. The Hall–Kier alpha value is -4.31. The van der Waals surface area contributed by atoms with Crippen LogP contribution in [0.3, 0.4) is 0 Å². The normalized spacial score (nSPS) is 14.0. The monoisotopic (exact) mass is 487 g/mol. The van der Waals surface area contributed by atoms with Gasteiger partial charge >= 0.3 is 6.18 Å². The molecule has 0 saturated heterocycles. The largest absolute Gasteiger partial charge is 0.416 e. The van der Waals surface area contributed by atoms with Gasteiger partial charge in [0.15, 0.2) is 0 Å². The molecule has 0 amide bonds. The summed E-state index contributed by atoms with van der Waals surface area (Å²) in [4.78, 5) is 0. The maximum absolute atomic E-state index is 13.2. The molecule has 4 heteroatoms. The lowest BCUT2D eigenvalue weighted by Crippen LogP contribution is -2.03. The van der Waals surface area contributed by atoms with E-state index in [9.17, 15) is 13.2 Å². The van der Waals surface area contributed by atoms with Crippen molar-refractivity contribution < 1.29 is 13.2 Å². The van der Waals surface area contributed by atoms with Crippen molar-refractivity contribution in [2.24, 2.45) is 0 Å². The van der Waals surface area contributed by atoms with Gasteiger partial charge in [-0.3, -0.25) is 0 Å². The standard InChI is InChI=1S/C33H20F3N/c34-33(35,36)25-11-9-19(10-12-25)24-15-28-26-13-20-5-1-3-7-22(20)17-30(26)37-31-18-23-8-4-2-6-21(23)14-27(31)29(16-24)32(28)37/h1-3,5-7,9-18H,4,8H2. The zero-order chi connectivity index (χ0) is 24.9. The third kappa shape index (κ3) is 2.93. The SMILES string of the molecule is FC(F)(F)c1ccc(-c2cc3c4cc5c(cc4n4c6cc7ccccc7cc6c(c2)c34)CCC=C5)cc1. The molecule has 0 radical (unpaired) electrons. The van der Waals surface area contributed by atoms with Crippen molar-refractivity contribution in [2.45, 2.75) is 19.0 Å². The predicted molar refractivity (Wildman–Crippen MR) is 146 cm³/mol. The molecule has 0 bridgehead atoms. The Morgan fingerprint density at radius 1 is 0.649 bits per heavy atom. The van der Waals surface area contributed by atoms with E-state index in [2.05, 4.69) is 71.2 Å². The Bertz CT molecular complexity index is 2060. The van der Waals surface area contributed by atoms with Crippen molar-refractivity contribution in [2.75, 3.05) is 0 Å². The molecule has 2 aromatic heterocycles. The fourth-order valence-corrected chi connectivity index (χ4v) is 6.17. The number of nitrogens with zero attached hydrogens (tertiary/aromatic N) is 1. The number of aryl methyl sites for hydroxylation is 1. The molecule has 0 N–H and O–H groups in total. The van der Waals surface area contributed by atoms with Gasteiger partial charge in [0, 0.05) is 21.5 Å². The number of benzene rings is 5. The van der Waals surface area contributed by atoms with Crippen LogP contribution in [0, 0.1) is 0 Å². The molecule has 0 saturated carbocycles. The number of rotatable bonds is 1. The van der Waals surface area contributed by atoms with Crippen molar-refractivity contribution in [3.05, 3.63) is 108 Å². The molecule has 5 aromatic carbocycles. The van der Waals surface area contributed by atoms with Gasteiger partial charge in [-0.1, -0.05) is 48.6 Å². The number of hydrogen-bond donors (Lipinski definition) is 0. The Labute approximate surface area is 210 Å². The van der Waals surface area contributed by atoms with E-state index in [1.807, 2.05) is 6.07 Å².